The van der Waals surface area contributed by atoms with Crippen LogP contribution in [0.25, 0.3) is 31.8 Å². The Morgan fingerprint density at radius 1 is 1.16 bits per heavy atom. The molecule has 4 aromatic rings. The molecule has 0 aliphatic rings. The molecule has 10 heteroatoms. The van der Waals surface area contributed by atoms with E-state index in [0.717, 1.165) is 22.0 Å². The van der Waals surface area contributed by atoms with Crippen molar-refractivity contribution in [2.45, 2.75) is 33.0 Å². The van der Waals surface area contributed by atoms with Gasteiger partial charge in [0.05, 0.1) is 18.8 Å². The van der Waals surface area contributed by atoms with Crippen LogP contribution in [-0.2, 0) is 4.74 Å². The Morgan fingerprint density at radius 2 is 1.94 bits per heavy atom. The van der Waals surface area contributed by atoms with Crippen molar-refractivity contribution in [3.05, 3.63) is 41.8 Å². The van der Waals surface area contributed by atoms with E-state index in [-0.39, 0.29) is 5.88 Å². The highest BCUT2D eigenvalue weighted by Crippen LogP contribution is 2.36. The van der Waals surface area contributed by atoms with Crippen molar-refractivity contribution >= 4 is 49.6 Å². The molecule has 7 nitrogen and oxygen atoms in total. The average molecular weight is 476 g/mol. The molecule has 32 heavy (non-hydrogen) atoms. The molecule has 0 saturated carbocycles. The number of rotatable bonds is 6. The van der Waals surface area contributed by atoms with E-state index < -0.39 is 23.5 Å². The van der Waals surface area contributed by atoms with Crippen LogP contribution in [0.3, 0.4) is 0 Å². The van der Waals surface area contributed by atoms with E-state index in [4.69, 9.17) is 25.8 Å². The van der Waals surface area contributed by atoms with Crippen LogP contribution in [0.1, 0.15) is 19.4 Å². The number of nitrogens with zero attached hydrogens (tertiary/aromatic N) is 3. The van der Waals surface area contributed by atoms with E-state index in [1.807, 2.05) is 25.1 Å². The van der Waals surface area contributed by atoms with Gasteiger partial charge in [-0.15, -0.1) is 0 Å². The maximum Gasteiger partial charge on any atom is 0.404 e. The zero-order chi connectivity index (χ0) is 23.0. The number of methoxy groups -OCH3 is 1. The van der Waals surface area contributed by atoms with Crippen LogP contribution in [0.15, 0.2) is 30.5 Å². The van der Waals surface area contributed by atoms with Crippen LogP contribution >= 0.6 is 22.9 Å². The fourth-order valence-electron chi connectivity index (χ4n) is 3.19. The number of thiazole rings is 1. The first-order valence-electron chi connectivity index (χ1n) is 9.69. The number of fused-ring (bicyclic) bond motifs is 2. The number of halogens is 2. The minimum absolute atomic E-state index is 0.199. The molecule has 0 N–H and O–H groups in total. The fourth-order valence-corrected chi connectivity index (χ4v) is 4.26. The van der Waals surface area contributed by atoms with Gasteiger partial charge in [-0.05, 0) is 44.5 Å². The number of aromatic nitrogens is 3. The van der Waals surface area contributed by atoms with Crippen molar-refractivity contribution in [2.75, 3.05) is 7.11 Å². The molecule has 0 unspecified atom stereocenters. The monoisotopic (exact) mass is 475 g/mol. The Hall–Kier alpha value is -3.04. The van der Waals surface area contributed by atoms with Crippen molar-refractivity contribution < 1.29 is 23.4 Å². The van der Waals surface area contributed by atoms with Gasteiger partial charge in [0.15, 0.2) is 5.82 Å². The van der Waals surface area contributed by atoms with E-state index in [1.54, 1.807) is 27.2 Å². The number of hydrogen-bond acceptors (Lipinski definition) is 8. The van der Waals surface area contributed by atoms with Crippen LogP contribution < -0.4 is 9.47 Å². The fraction of sp³-hybridized carbons (Fsp3) is 0.273. The maximum atomic E-state index is 14.6. The average Bonchev–Trinajstić information content (AvgIpc) is 3.14. The molecule has 0 fully saturated rings. The largest absolute Gasteiger partial charge is 0.495 e. The summed E-state index contributed by atoms with van der Waals surface area (Å²) in [4.78, 5) is 24.8. The summed E-state index contributed by atoms with van der Waals surface area (Å²) in [5, 5.41) is 1.58. The zero-order valence-electron chi connectivity index (χ0n) is 17.7. The van der Waals surface area contributed by atoms with Crippen molar-refractivity contribution in [3.63, 3.8) is 0 Å². The number of benzene rings is 1. The predicted octanol–water partition coefficient (Wildman–Crippen LogP) is 5.89. The van der Waals surface area contributed by atoms with Gasteiger partial charge in [0, 0.05) is 28.6 Å². The summed E-state index contributed by atoms with van der Waals surface area (Å²) < 4.78 is 30.4. The van der Waals surface area contributed by atoms with Crippen LogP contribution in [0.2, 0.25) is 0 Å². The van der Waals surface area contributed by atoms with Crippen LogP contribution in [0.4, 0.5) is 9.18 Å². The number of carbonyl (C=O) groups is 1. The maximum absolute atomic E-state index is 14.6. The molecule has 1 aromatic carbocycles. The summed E-state index contributed by atoms with van der Waals surface area (Å²) in [6.45, 7) is 5.21. The topological polar surface area (TPSA) is 83.4 Å². The number of ether oxygens (including phenoxy) is 3. The molecule has 2 atom stereocenters. The quantitative estimate of drug-likeness (QED) is 0.321. The molecule has 3 heterocycles. The second-order valence-corrected chi connectivity index (χ2v) is 8.55. The third-order valence-corrected chi connectivity index (χ3v) is 6.00. The predicted molar refractivity (Wildman–Crippen MR) is 121 cm³/mol. The van der Waals surface area contributed by atoms with Crippen LogP contribution in [0, 0.1) is 12.7 Å². The highest BCUT2D eigenvalue weighted by atomic mass is 35.5. The molecule has 0 aliphatic heterocycles. The lowest BCUT2D eigenvalue weighted by Gasteiger charge is -2.20. The molecule has 0 saturated heterocycles. The number of hydrogen-bond donors (Lipinski definition) is 0. The number of aryl methyl sites for hydroxylation is 1. The van der Waals surface area contributed by atoms with E-state index in [2.05, 4.69) is 15.0 Å². The van der Waals surface area contributed by atoms with E-state index in [9.17, 15) is 9.18 Å². The van der Waals surface area contributed by atoms with Gasteiger partial charge in [-0.25, -0.2) is 14.2 Å². The van der Waals surface area contributed by atoms with E-state index in [0.29, 0.717) is 21.1 Å². The van der Waals surface area contributed by atoms with Crippen molar-refractivity contribution in [1.29, 1.82) is 0 Å². The first-order chi connectivity index (χ1) is 15.2. The Kier molecular flexibility index (Phi) is 6.12. The second-order valence-electron chi connectivity index (χ2n) is 7.26. The zero-order valence-corrected chi connectivity index (χ0v) is 19.3. The van der Waals surface area contributed by atoms with Gasteiger partial charge in [0.2, 0.25) is 0 Å². The lowest BCUT2D eigenvalue weighted by Crippen LogP contribution is -2.30. The summed E-state index contributed by atoms with van der Waals surface area (Å²) in [6.07, 6.45) is 0.300. The SMILES string of the molecule is COc1cnc2c(-c3nc4cc(F)c(O[C@@H](C)[C@@H](C)OC(=O)Cl)nc4s3)cc(C)cc2c1. The van der Waals surface area contributed by atoms with Gasteiger partial charge < -0.3 is 14.2 Å². The van der Waals surface area contributed by atoms with Crippen molar-refractivity contribution in [2.24, 2.45) is 0 Å². The molecule has 0 radical (unpaired) electrons. The second kappa shape index (κ2) is 8.84. The minimum atomic E-state index is -0.958. The number of pyridine rings is 2. The molecule has 0 aliphatic carbocycles. The Morgan fingerprint density at radius 3 is 2.66 bits per heavy atom. The van der Waals surface area contributed by atoms with Gasteiger partial charge in [0.25, 0.3) is 5.88 Å². The molecule has 166 valence electrons. The van der Waals surface area contributed by atoms with Gasteiger partial charge in [0.1, 0.15) is 33.3 Å². The molecular formula is C22H19ClFN3O4S. The van der Waals surface area contributed by atoms with Crippen LogP contribution in [0.5, 0.6) is 11.6 Å². The molecule has 4 rings (SSSR count). The first-order valence-corrected chi connectivity index (χ1v) is 10.9. The van der Waals surface area contributed by atoms with Crippen LogP contribution in [-0.4, -0.2) is 39.7 Å². The van der Waals surface area contributed by atoms with Gasteiger partial charge in [-0.2, -0.15) is 4.98 Å². The Labute approximate surface area is 192 Å². The normalized spacial score (nSPS) is 13.2. The Bertz CT molecular complexity index is 1330. The molecule has 0 bridgehead atoms. The standard InChI is InChI=1S/C22H19ClFN3O4S/c1-10-5-13-7-14(29-4)9-25-18(13)15(6-10)20-26-17-8-16(24)19(27-21(17)32-20)30-11(2)12(3)31-22(23)28/h5-9,11-12H,1-4H3/t11-,12+/m0/s1. The van der Waals surface area contributed by atoms with Gasteiger partial charge in [-0.3, -0.25) is 4.98 Å². The lowest BCUT2D eigenvalue weighted by molar-refractivity contribution is 0.0433. The summed E-state index contributed by atoms with van der Waals surface area (Å²) in [5.74, 6) is -0.204. The van der Waals surface area contributed by atoms with E-state index in [1.165, 1.54) is 17.4 Å². The molecule has 0 spiro atoms. The summed E-state index contributed by atoms with van der Waals surface area (Å²) in [6, 6.07) is 7.18. The highest BCUT2D eigenvalue weighted by molar-refractivity contribution is 7.21. The summed E-state index contributed by atoms with van der Waals surface area (Å²) in [5.41, 5.74) is 2.07. The van der Waals surface area contributed by atoms with Gasteiger partial charge in [-0.1, -0.05) is 11.3 Å². The minimum Gasteiger partial charge on any atom is -0.495 e. The lowest BCUT2D eigenvalue weighted by atomic mass is 10.1. The third kappa shape index (κ3) is 4.44. The molecule has 3 aromatic heterocycles. The molecular weight excluding hydrogens is 457 g/mol. The third-order valence-electron chi connectivity index (χ3n) is 4.91. The van der Waals surface area contributed by atoms with Gasteiger partial charge >= 0.3 is 5.43 Å². The molecule has 0 amide bonds. The summed E-state index contributed by atoms with van der Waals surface area (Å²) in [7, 11) is 1.59. The smallest absolute Gasteiger partial charge is 0.404 e. The Balaban J connectivity index is 1.73. The highest BCUT2D eigenvalue weighted by Gasteiger charge is 2.22. The summed E-state index contributed by atoms with van der Waals surface area (Å²) >= 11 is 6.54. The van der Waals surface area contributed by atoms with Crippen molar-refractivity contribution in [1.82, 2.24) is 15.0 Å². The number of carbonyl (C=O) groups excluding carboxylic acids is 1. The van der Waals surface area contributed by atoms with E-state index >= 15 is 0 Å². The van der Waals surface area contributed by atoms with Crippen molar-refractivity contribution in [3.8, 4) is 22.2 Å². The first kappa shape index (κ1) is 22.2.